The average Bonchev–Trinajstić information content (AvgIpc) is 2.77. The van der Waals surface area contributed by atoms with Crippen LogP contribution in [0.5, 0.6) is 17.2 Å². The third kappa shape index (κ3) is 10.9. The summed E-state index contributed by atoms with van der Waals surface area (Å²) in [6.45, 7) is 3.53. The van der Waals surface area contributed by atoms with Crippen LogP contribution < -0.4 is 14.2 Å². The lowest BCUT2D eigenvalue weighted by Gasteiger charge is -2.14. The fraction of sp³-hybridized carbons (Fsp3) is 0.320. The second-order valence-electron chi connectivity index (χ2n) is 7.45. The molecule has 0 heterocycles. The summed E-state index contributed by atoms with van der Waals surface area (Å²) in [5, 5.41) is 9.21. The molecular weight excluding hydrogens is 590 g/mol. The lowest BCUT2D eigenvalue weighted by Crippen LogP contribution is -2.26. The van der Waals surface area contributed by atoms with Gasteiger partial charge in [0.05, 0.1) is 10.0 Å². The maximum absolute atomic E-state index is 12.7. The highest BCUT2D eigenvalue weighted by atomic mass is 79.9. The summed E-state index contributed by atoms with van der Waals surface area (Å²) < 4.78 is 94.1. The molecule has 6 nitrogen and oxygen atoms in total. The van der Waals surface area contributed by atoms with Gasteiger partial charge in [-0.1, -0.05) is 17.9 Å². The molecule has 1 N–H and O–H groups in total. The van der Waals surface area contributed by atoms with E-state index in [-0.39, 0.29) is 25.2 Å². The molecule has 13 heteroatoms. The molecule has 0 saturated carbocycles. The van der Waals surface area contributed by atoms with Gasteiger partial charge in [-0.15, -0.1) is 26.3 Å². The Bertz CT molecular complexity index is 1210. The van der Waals surface area contributed by atoms with Crippen molar-refractivity contribution in [1.82, 2.24) is 0 Å². The van der Waals surface area contributed by atoms with Crippen molar-refractivity contribution in [1.29, 1.82) is 0 Å². The van der Waals surface area contributed by atoms with Crippen LogP contribution in [0, 0.1) is 11.8 Å². The Morgan fingerprint density at radius 2 is 1.74 bits per heavy atom. The van der Waals surface area contributed by atoms with Crippen molar-refractivity contribution < 1.29 is 55.2 Å². The van der Waals surface area contributed by atoms with E-state index in [0.29, 0.717) is 27.4 Å². The van der Waals surface area contributed by atoms with E-state index >= 15 is 0 Å². The zero-order valence-corrected chi connectivity index (χ0v) is 21.5. The maximum Gasteiger partial charge on any atom is 0.573 e. The number of benzene rings is 2. The molecule has 0 aliphatic rings. The Labute approximate surface area is 222 Å². The highest BCUT2D eigenvalue weighted by molar-refractivity contribution is 9.10. The van der Waals surface area contributed by atoms with Gasteiger partial charge in [0.25, 0.3) is 0 Å². The number of rotatable bonds is 10. The van der Waals surface area contributed by atoms with E-state index in [1.54, 1.807) is 32.0 Å². The van der Waals surface area contributed by atoms with Crippen molar-refractivity contribution in [3.05, 3.63) is 63.6 Å². The maximum atomic E-state index is 12.7. The summed E-state index contributed by atoms with van der Waals surface area (Å²) in [6.07, 6.45) is -9.55. The molecule has 2 rings (SSSR count). The predicted molar refractivity (Wildman–Crippen MR) is 127 cm³/mol. The number of alkyl halides is 6. The second-order valence-corrected chi connectivity index (χ2v) is 8.31. The first kappa shape index (κ1) is 30.9. The van der Waals surface area contributed by atoms with Crippen LogP contribution in [0.25, 0.3) is 0 Å². The molecule has 2 aromatic carbocycles. The molecule has 38 heavy (non-hydrogen) atoms. The molecule has 0 saturated heterocycles. The van der Waals surface area contributed by atoms with Crippen LogP contribution in [-0.2, 0) is 16.0 Å². The monoisotopic (exact) mass is 610 g/mol. The molecule has 0 fully saturated rings. The van der Waals surface area contributed by atoms with Crippen LogP contribution >= 0.6 is 15.9 Å². The zero-order valence-electron chi connectivity index (χ0n) is 19.9. The van der Waals surface area contributed by atoms with Gasteiger partial charge in [-0.3, -0.25) is 0 Å². The Balaban J connectivity index is 2.10. The standard InChI is InChI=1S/C25H21BrF6O6/c1-3-35-22(23(33)34)13-16-5-9-20(19(26)12-16)36-11-10-15(2)4-6-17-7-8-18(37-24(27,28)29)14-21(17)38-25(30,31)32/h5,7-10,12,14,22H,3,11,13H2,1-2H3,(H,33,34)/b15-10+/t22-/m0/s1. The van der Waals surface area contributed by atoms with Gasteiger partial charge in [0.15, 0.2) is 6.10 Å². The summed E-state index contributed by atoms with van der Waals surface area (Å²) in [7, 11) is 0. The number of carbonyl (C=O) groups is 1. The molecule has 0 bridgehead atoms. The van der Waals surface area contributed by atoms with Gasteiger partial charge in [-0.25, -0.2) is 4.79 Å². The molecule has 0 aliphatic carbocycles. The number of hydrogen-bond acceptors (Lipinski definition) is 5. The molecule has 0 aliphatic heterocycles. The van der Waals surface area contributed by atoms with Crippen LogP contribution in [0.4, 0.5) is 26.3 Å². The fourth-order valence-corrected chi connectivity index (χ4v) is 3.45. The minimum absolute atomic E-state index is 0.0272. The molecule has 0 unspecified atom stereocenters. The third-order valence-electron chi connectivity index (χ3n) is 4.50. The molecule has 206 valence electrons. The second kappa shape index (κ2) is 13.4. The van der Waals surface area contributed by atoms with E-state index in [2.05, 4.69) is 37.2 Å². The summed E-state index contributed by atoms with van der Waals surface area (Å²) in [5.74, 6) is 2.53. The summed E-state index contributed by atoms with van der Waals surface area (Å²) in [6, 6.07) is 7.18. The fourth-order valence-electron chi connectivity index (χ4n) is 2.91. The smallest absolute Gasteiger partial charge is 0.488 e. The van der Waals surface area contributed by atoms with E-state index in [4.69, 9.17) is 9.47 Å². The van der Waals surface area contributed by atoms with E-state index in [9.17, 15) is 36.2 Å². The Hall–Kier alpha value is -3.37. The van der Waals surface area contributed by atoms with Crippen LogP contribution in [0.15, 0.2) is 52.5 Å². The van der Waals surface area contributed by atoms with Crippen molar-refractivity contribution >= 4 is 21.9 Å². The Morgan fingerprint density at radius 3 is 2.32 bits per heavy atom. The predicted octanol–water partition coefficient (Wildman–Crippen LogP) is 6.66. The first-order chi connectivity index (χ1) is 17.7. The van der Waals surface area contributed by atoms with E-state index in [1.807, 2.05) is 0 Å². The average molecular weight is 611 g/mol. The molecule has 1 atom stereocenters. The van der Waals surface area contributed by atoms with Gasteiger partial charge in [-0.05, 0) is 71.3 Å². The number of carboxylic acids is 1. The van der Waals surface area contributed by atoms with E-state index < -0.39 is 36.3 Å². The summed E-state index contributed by atoms with van der Waals surface area (Å²) in [4.78, 5) is 11.3. The van der Waals surface area contributed by atoms with E-state index in [0.717, 1.165) is 12.1 Å². The SMILES string of the molecule is CCO[C@@H](Cc1ccc(OC/C=C(\C)C#Cc2ccc(OC(F)(F)F)cc2OC(F)(F)F)c(Br)c1)C(=O)O. The molecule has 0 spiro atoms. The van der Waals surface area contributed by atoms with Crippen molar-refractivity contribution in [3.8, 4) is 29.1 Å². The van der Waals surface area contributed by atoms with Gasteiger partial charge in [0.1, 0.15) is 23.9 Å². The minimum atomic E-state index is -5.16. The third-order valence-corrected chi connectivity index (χ3v) is 5.12. The number of hydrogen-bond donors (Lipinski definition) is 1. The first-order valence-electron chi connectivity index (χ1n) is 10.8. The number of halogens is 7. The van der Waals surface area contributed by atoms with Gasteiger partial charge < -0.3 is 24.1 Å². The number of ether oxygens (including phenoxy) is 4. The highest BCUT2D eigenvalue weighted by Gasteiger charge is 2.34. The van der Waals surface area contributed by atoms with E-state index in [1.165, 1.54) is 6.08 Å². The van der Waals surface area contributed by atoms with Crippen LogP contribution in [0.1, 0.15) is 25.0 Å². The summed E-state index contributed by atoms with van der Waals surface area (Å²) in [5.41, 5.74) is 0.786. The van der Waals surface area contributed by atoms with Crippen LogP contribution in [0.3, 0.4) is 0 Å². The zero-order chi connectivity index (χ0) is 28.5. The Kier molecular flexibility index (Phi) is 10.9. The molecule has 0 aromatic heterocycles. The molecule has 2 aromatic rings. The quantitative estimate of drug-likeness (QED) is 0.240. The molecule has 0 radical (unpaired) electrons. The van der Waals surface area contributed by atoms with Gasteiger partial charge in [0.2, 0.25) is 0 Å². The summed E-state index contributed by atoms with van der Waals surface area (Å²) >= 11 is 3.35. The number of allylic oxidation sites excluding steroid dienone is 1. The van der Waals surface area contributed by atoms with Gasteiger partial charge >= 0.3 is 18.7 Å². The molecule has 0 amide bonds. The topological polar surface area (TPSA) is 74.2 Å². The number of carboxylic acid groups (broad SMARTS) is 1. The van der Waals surface area contributed by atoms with Crippen LogP contribution in [-0.4, -0.2) is 43.1 Å². The lowest BCUT2D eigenvalue weighted by atomic mass is 10.1. The van der Waals surface area contributed by atoms with Gasteiger partial charge in [-0.2, -0.15) is 0 Å². The minimum Gasteiger partial charge on any atom is -0.488 e. The first-order valence-corrected chi connectivity index (χ1v) is 11.6. The molecular formula is C25H21BrF6O6. The normalized spacial score (nSPS) is 12.8. The van der Waals surface area contributed by atoms with Crippen molar-refractivity contribution in [3.63, 3.8) is 0 Å². The van der Waals surface area contributed by atoms with Crippen molar-refractivity contribution in [2.24, 2.45) is 0 Å². The van der Waals surface area contributed by atoms with Crippen LogP contribution in [0.2, 0.25) is 0 Å². The highest BCUT2D eigenvalue weighted by Crippen LogP contribution is 2.32. The number of aliphatic carboxylic acids is 1. The van der Waals surface area contributed by atoms with Gasteiger partial charge in [0, 0.05) is 19.1 Å². The lowest BCUT2D eigenvalue weighted by molar-refractivity contribution is -0.276. The van der Waals surface area contributed by atoms with Crippen molar-refractivity contribution in [2.75, 3.05) is 13.2 Å². The van der Waals surface area contributed by atoms with Crippen molar-refractivity contribution in [2.45, 2.75) is 39.1 Å². The Morgan fingerprint density at radius 1 is 1.05 bits per heavy atom. The largest absolute Gasteiger partial charge is 0.573 e.